The van der Waals surface area contributed by atoms with Crippen molar-refractivity contribution in [2.24, 2.45) is 0 Å². The Balaban J connectivity index is 1.56. The van der Waals surface area contributed by atoms with Gasteiger partial charge in [0.2, 0.25) is 0 Å². The first-order chi connectivity index (χ1) is 15.6. The molecular formula is C25H22N4O3. The zero-order valence-electron chi connectivity index (χ0n) is 17.5. The van der Waals surface area contributed by atoms with E-state index in [4.69, 9.17) is 0 Å². The highest BCUT2D eigenvalue weighted by atomic mass is 16.3. The fourth-order valence-corrected chi connectivity index (χ4v) is 4.30. The number of carbonyl (C=O) groups is 1. The highest BCUT2D eigenvalue weighted by Crippen LogP contribution is 2.36. The van der Waals surface area contributed by atoms with Crippen molar-refractivity contribution in [3.63, 3.8) is 0 Å². The summed E-state index contributed by atoms with van der Waals surface area (Å²) < 4.78 is 0. The number of aryl methyl sites for hydroxylation is 1. The second-order valence-corrected chi connectivity index (χ2v) is 7.80. The van der Waals surface area contributed by atoms with Gasteiger partial charge < -0.3 is 20.4 Å². The van der Waals surface area contributed by atoms with E-state index < -0.39 is 0 Å². The quantitative estimate of drug-likeness (QED) is 0.451. The fraction of sp³-hybridized carbons (Fsp3) is 0.160. The third-order valence-electron chi connectivity index (χ3n) is 5.85. The molecule has 0 radical (unpaired) electrons. The van der Waals surface area contributed by atoms with Crippen LogP contribution in [0.3, 0.4) is 0 Å². The number of aromatic hydroxyl groups is 2. The minimum atomic E-state index is -0.292. The Morgan fingerprint density at radius 2 is 1.81 bits per heavy atom. The lowest BCUT2D eigenvalue weighted by Crippen LogP contribution is -2.35. The van der Waals surface area contributed by atoms with Crippen LogP contribution in [-0.4, -0.2) is 39.9 Å². The molecule has 0 fully saturated rings. The van der Waals surface area contributed by atoms with Crippen LogP contribution >= 0.6 is 0 Å². The molecule has 0 spiro atoms. The first kappa shape index (κ1) is 19.8. The number of anilines is 2. The van der Waals surface area contributed by atoms with Gasteiger partial charge in [0.15, 0.2) is 5.82 Å². The molecule has 0 unspecified atom stereocenters. The third-order valence-corrected chi connectivity index (χ3v) is 5.85. The summed E-state index contributed by atoms with van der Waals surface area (Å²) in [5.74, 6) is 0.123. The molecule has 2 heterocycles. The topological polar surface area (TPSA) is 98.6 Å². The van der Waals surface area contributed by atoms with Crippen LogP contribution in [0.2, 0.25) is 0 Å². The minimum Gasteiger partial charge on any atom is -0.508 e. The maximum atomic E-state index is 13.1. The standard InChI is InChI=1S/C25H22N4O3/c1-26-24-19-7-3-2-6-18(19)23(27-28-24)16-8-11-21-15(13-16)5-4-12-29(21)25(32)20-10-9-17(30)14-22(20)31/h2-3,6-11,13-14,30-31H,4-5,12H2,1H3,(H,26,28). The lowest BCUT2D eigenvalue weighted by Gasteiger charge is -2.30. The van der Waals surface area contributed by atoms with Crippen LogP contribution in [0.4, 0.5) is 11.5 Å². The van der Waals surface area contributed by atoms with Crippen molar-refractivity contribution >= 4 is 28.2 Å². The molecular weight excluding hydrogens is 404 g/mol. The van der Waals surface area contributed by atoms with Gasteiger partial charge in [-0.1, -0.05) is 30.3 Å². The summed E-state index contributed by atoms with van der Waals surface area (Å²) in [5, 5.41) is 33.6. The van der Waals surface area contributed by atoms with Crippen LogP contribution in [0.25, 0.3) is 22.0 Å². The Bertz CT molecular complexity index is 1350. The van der Waals surface area contributed by atoms with Crippen molar-refractivity contribution in [2.75, 3.05) is 23.8 Å². The number of nitrogens with one attached hydrogen (secondary N) is 1. The Morgan fingerprint density at radius 1 is 1.00 bits per heavy atom. The molecule has 1 aliphatic rings. The van der Waals surface area contributed by atoms with Crippen molar-refractivity contribution in [1.82, 2.24) is 10.2 Å². The van der Waals surface area contributed by atoms with Gasteiger partial charge in [-0.15, -0.1) is 10.2 Å². The van der Waals surface area contributed by atoms with E-state index in [-0.39, 0.29) is 23.0 Å². The van der Waals surface area contributed by atoms with E-state index in [1.807, 2.05) is 43.4 Å². The fourth-order valence-electron chi connectivity index (χ4n) is 4.30. The zero-order valence-corrected chi connectivity index (χ0v) is 17.5. The molecule has 0 saturated carbocycles. The monoisotopic (exact) mass is 426 g/mol. The van der Waals surface area contributed by atoms with Gasteiger partial charge in [0, 0.05) is 41.7 Å². The zero-order chi connectivity index (χ0) is 22.2. The number of carbonyl (C=O) groups excluding carboxylic acids is 1. The second kappa shape index (κ2) is 7.85. The molecule has 5 rings (SSSR count). The van der Waals surface area contributed by atoms with E-state index in [2.05, 4.69) is 21.6 Å². The molecule has 1 aromatic heterocycles. The molecule has 4 aromatic rings. The van der Waals surface area contributed by atoms with Gasteiger partial charge in [-0.25, -0.2) is 0 Å². The Morgan fingerprint density at radius 3 is 2.59 bits per heavy atom. The maximum Gasteiger partial charge on any atom is 0.262 e. The van der Waals surface area contributed by atoms with Crippen LogP contribution < -0.4 is 10.2 Å². The van der Waals surface area contributed by atoms with Gasteiger partial charge in [-0.2, -0.15) is 0 Å². The third kappa shape index (κ3) is 3.28. The Labute approximate surface area is 185 Å². The number of benzene rings is 3. The first-order valence-electron chi connectivity index (χ1n) is 10.5. The van der Waals surface area contributed by atoms with Crippen molar-refractivity contribution in [3.8, 4) is 22.8 Å². The smallest absolute Gasteiger partial charge is 0.262 e. The Kier molecular flexibility index (Phi) is 4.86. The summed E-state index contributed by atoms with van der Waals surface area (Å²) >= 11 is 0. The van der Waals surface area contributed by atoms with Gasteiger partial charge in [0.25, 0.3) is 5.91 Å². The number of hydrogen-bond acceptors (Lipinski definition) is 6. The van der Waals surface area contributed by atoms with Crippen LogP contribution in [0.1, 0.15) is 22.3 Å². The number of amides is 1. The van der Waals surface area contributed by atoms with E-state index in [0.717, 1.165) is 51.9 Å². The summed E-state index contributed by atoms with van der Waals surface area (Å²) in [7, 11) is 1.83. The van der Waals surface area contributed by atoms with Crippen molar-refractivity contribution in [2.45, 2.75) is 12.8 Å². The summed E-state index contributed by atoms with van der Waals surface area (Å²) in [6.07, 6.45) is 1.65. The number of phenolic OH excluding ortho intramolecular Hbond substituents is 2. The highest BCUT2D eigenvalue weighted by Gasteiger charge is 2.26. The minimum absolute atomic E-state index is 0.0830. The number of fused-ring (bicyclic) bond motifs is 2. The predicted octanol–water partition coefficient (Wildman–Crippen LogP) is 4.34. The summed E-state index contributed by atoms with van der Waals surface area (Å²) in [5.41, 5.74) is 3.77. The summed E-state index contributed by atoms with van der Waals surface area (Å²) in [4.78, 5) is 14.8. The molecule has 0 aliphatic carbocycles. The van der Waals surface area contributed by atoms with Gasteiger partial charge in [-0.05, 0) is 42.7 Å². The molecule has 1 amide bonds. The van der Waals surface area contributed by atoms with Crippen molar-refractivity contribution < 1.29 is 15.0 Å². The average molecular weight is 426 g/mol. The van der Waals surface area contributed by atoms with Crippen molar-refractivity contribution in [1.29, 1.82) is 0 Å². The molecule has 0 bridgehead atoms. The average Bonchev–Trinajstić information content (AvgIpc) is 2.82. The second-order valence-electron chi connectivity index (χ2n) is 7.80. The molecule has 32 heavy (non-hydrogen) atoms. The largest absolute Gasteiger partial charge is 0.508 e. The SMILES string of the molecule is CNc1nnc(-c2ccc3c(c2)CCCN3C(=O)c2ccc(O)cc2O)c2ccccc12. The molecule has 160 valence electrons. The van der Waals surface area contributed by atoms with Crippen LogP contribution in [-0.2, 0) is 6.42 Å². The molecule has 1 aliphatic heterocycles. The van der Waals surface area contributed by atoms with Crippen LogP contribution in [0, 0.1) is 0 Å². The molecule has 7 nitrogen and oxygen atoms in total. The summed E-state index contributed by atoms with van der Waals surface area (Å²) in [6.45, 7) is 0.561. The van der Waals surface area contributed by atoms with Crippen LogP contribution in [0.15, 0.2) is 60.7 Å². The summed E-state index contributed by atoms with van der Waals surface area (Å²) in [6, 6.07) is 18.0. The maximum absolute atomic E-state index is 13.1. The number of nitrogens with zero attached hydrogens (tertiary/aromatic N) is 3. The molecule has 7 heteroatoms. The molecule has 0 atom stereocenters. The Hall–Kier alpha value is -4.13. The predicted molar refractivity (Wildman–Crippen MR) is 124 cm³/mol. The highest BCUT2D eigenvalue weighted by molar-refractivity contribution is 6.09. The molecule has 3 aromatic carbocycles. The van der Waals surface area contributed by atoms with E-state index in [1.165, 1.54) is 18.2 Å². The van der Waals surface area contributed by atoms with Gasteiger partial charge in [0.1, 0.15) is 17.2 Å². The van der Waals surface area contributed by atoms with Crippen molar-refractivity contribution in [3.05, 3.63) is 71.8 Å². The molecule has 3 N–H and O–H groups in total. The number of phenols is 2. The van der Waals surface area contributed by atoms with E-state index in [9.17, 15) is 15.0 Å². The lowest BCUT2D eigenvalue weighted by atomic mass is 9.96. The normalized spacial score (nSPS) is 13.1. The van der Waals surface area contributed by atoms with E-state index in [1.54, 1.807) is 4.90 Å². The van der Waals surface area contributed by atoms with Gasteiger partial charge >= 0.3 is 0 Å². The number of hydrogen-bond donors (Lipinski definition) is 3. The van der Waals surface area contributed by atoms with Crippen LogP contribution in [0.5, 0.6) is 11.5 Å². The molecule has 0 saturated heterocycles. The van der Waals surface area contributed by atoms with Gasteiger partial charge in [-0.3, -0.25) is 4.79 Å². The first-order valence-corrected chi connectivity index (χ1v) is 10.5. The number of aromatic nitrogens is 2. The lowest BCUT2D eigenvalue weighted by molar-refractivity contribution is 0.0982. The van der Waals surface area contributed by atoms with E-state index in [0.29, 0.717) is 6.54 Å². The van der Waals surface area contributed by atoms with Gasteiger partial charge in [0.05, 0.1) is 5.56 Å². The number of rotatable bonds is 3. The van der Waals surface area contributed by atoms with E-state index >= 15 is 0 Å².